The third-order valence-corrected chi connectivity index (χ3v) is 6.39. The number of carboxylic acid groups (broad SMARTS) is 1. The fraction of sp³-hybridized carbons (Fsp3) is 0.393. The van der Waals surface area contributed by atoms with Crippen molar-refractivity contribution in [2.45, 2.75) is 59.4 Å². The summed E-state index contributed by atoms with van der Waals surface area (Å²) in [5.74, 6) is -1.21. The molecule has 7 heteroatoms. The van der Waals surface area contributed by atoms with Crippen LogP contribution in [0.1, 0.15) is 63.9 Å². The maximum absolute atomic E-state index is 12.5. The first kappa shape index (κ1) is 28.2. The monoisotopic (exact) mass is 497 g/mol. The van der Waals surface area contributed by atoms with E-state index in [9.17, 15) is 19.5 Å². The first-order valence-electron chi connectivity index (χ1n) is 11.8. The molecular formula is C28H35NO5S. The van der Waals surface area contributed by atoms with E-state index in [1.807, 2.05) is 0 Å². The number of thioether (sulfide) groups is 1. The molecule has 0 aliphatic rings. The van der Waals surface area contributed by atoms with Gasteiger partial charge in [0.25, 0.3) is 5.91 Å². The normalized spacial score (nSPS) is 12.9. The Balaban J connectivity index is 1.83. The van der Waals surface area contributed by atoms with Crippen LogP contribution in [0.15, 0.2) is 74.5 Å². The lowest BCUT2D eigenvalue weighted by molar-refractivity contribution is -0.138. The molecule has 0 saturated carbocycles. The lowest BCUT2D eigenvalue weighted by atomic mass is 10.1. The lowest BCUT2D eigenvalue weighted by Crippen LogP contribution is -2.42. The van der Waals surface area contributed by atoms with Gasteiger partial charge in [0.1, 0.15) is 11.6 Å². The van der Waals surface area contributed by atoms with Crippen LogP contribution in [0.2, 0.25) is 0 Å². The van der Waals surface area contributed by atoms with Crippen LogP contribution in [0.5, 0.6) is 0 Å². The van der Waals surface area contributed by atoms with E-state index in [4.69, 9.17) is 4.42 Å². The summed E-state index contributed by atoms with van der Waals surface area (Å²) in [6.45, 7) is 8.46. The summed E-state index contributed by atoms with van der Waals surface area (Å²) >= 11 is 1.43. The van der Waals surface area contributed by atoms with Gasteiger partial charge in [-0.05, 0) is 65.5 Å². The highest BCUT2D eigenvalue weighted by molar-refractivity contribution is 7.99. The van der Waals surface area contributed by atoms with E-state index < -0.39 is 17.9 Å². The Kier molecular flexibility index (Phi) is 11.6. The van der Waals surface area contributed by atoms with Gasteiger partial charge in [-0.15, -0.1) is 0 Å². The summed E-state index contributed by atoms with van der Waals surface area (Å²) in [4.78, 5) is 36.4. The van der Waals surface area contributed by atoms with Crippen LogP contribution in [0.3, 0.4) is 0 Å². The van der Waals surface area contributed by atoms with E-state index >= 15 is 0 Å². The molecule has 188 valence electrons. The van der Waals surface area contributed by atoms with Crippen molar-refractivity contribution in [1.82, 2.24) is 5.32 Å². The van der Waals surface area contributed by atoms with Crippen LogP contribution >= 0.6 is 11.8 Å². The van der Waals surface area contributed by atoms with Crippen molar-refractivity contribution in [2.24, 2.45) is 0 Å². The second kappa shape index (κ2) is 14.4. The molecule has 0 aliphatic carbocycles. The largest absolute Gasteiger partial charge is 0.480 e. The van der Waals surface area contributed by atoms with Gasteiger partial charge in [0, 0.05) is 17.6 Å². The standard InChI is InChI=1S/C28H35NO5S/c1-19(2)9-7-10-20(3)11-8-12-21(4)15-16-35-18-23(28(32)33)29-27(31)26-17-24(30)22-13-5-6-14-25(22)34-26/h5-6,9,11,13-15,17,23H,7-8,10,12,16,18H2,1-4H3,(H,29,31)(H,32,33)/b20-11+,21-15+/t23-/m0/s1. The average molecular weight is 498 g/mol. The minimum atomic E-state index is -1.14. The van der Waals surface area contributed by atoms with Crippen molar-refractivity contribution in [2.75, 3.05) is 11.5 Å². The molecule has 0 unspecified atom stereocenters. The SMILES string of the molecule is CC(C)=CCC/C(C)=C/CC/C(C)=C/CSC[C@H](NC(=O)c1cc(=O)c2ccccc2o1)C(=O)O. The van der Waals surface area contributed by atoms with Gasteiger partial charge in [-0.1, -0.05) is 47.1 Å². The zero-order valence-electron chi connectivity index (χ0n) is 20.9. The molecule has 0 saturated heterocycles. The molecule has 0 aliphatic heterocycles. The lowest BCUT2D eigenvalue weighted by Gasteiger charge is -2.13. The summed E-state index contributed by atoms with van der Waals surface area (Å²) < 4.78 is 5.50. The Labute approximate surface area is 211 Å². The van der Waals surface area contributed by atoms with Crippen LogP contribution in [-0.2, 0) is 4.79 Å². The number of hydrogen-bond acceptors (Lipinski definition) is 5. The van der Waals surface area contributed by atoms with Gasteiger partial charge in [0.15, 0.2) is 11.2 Å². The number of amides is 1. The molecule has 1 atom stereocenters. The number of fused-ring (bicyclic) bond motifs is 1. The van der Waals surface area contributed by atoms with Crippen molar-refractivity contribution < 1.29 is 19.1 Å². The minimum absolute atomic E-state index is 0.200. The molecule has 2 aromatic rings. The first-order valence-corrected chi connectivity index (χ1v) is 12.9. The smallest absolute Gasteiger partial charge is 0.327 e. The van der Waals surface area contributed by atoms with Gasteiger partial charge >= 0.3 is 5.97 Å². The van der Waals surface area contributed by atoms with Crippen molar-refractivity contribution in [3.05, 3.63) is 81.3 Å². The van der Waals surface area contributed by atoms with E-state index in [1.54, 1.807) is 24.3 Å². The van der Waals surface area contributed by atoms with E-state index in [-0.39, 0.29) is 22.5 Å². The summed E-state index contributed by atoms with van der Waals surface area (Å²) in [6, 6.07) is 6.60. The molecule has 1 amide bonds. The summed E-state index contributed by atoms with van der Waals surface area (Å²) in [5.41, 5.74) is 3.92. The highest BCUT2D eigenvalue weighted by Crippen LogP contribution is 2.14. The quantitative estimate of drug-likeness (QED) is 0.255. The Morgan fingerprint density at radius 1 is 1.03 bits per heavy atom. The number of para-hydroxylation sites is 1. The predicted octanol–water partition coefficient (Wildman–Crippen LogP) is 6.13. The van der Waals surface area contributed by atoms with Crippen molar-refractivity contribution in [3.63, 3.8) is 0 Å². The third-order valence-electron chi connectivity index (χ3n) is 5.42. The number of hydrogen-bond donors (Lipinski definition) is 2. The second-order valence-electron chi connectivity index (χ2n) is 8.83. The van der Waals surface area contributed by atoms with Crippen molar-refractivity contribution in [1.29, 1.82) is 0 Å². The molecule has 0 radical (unpaired) electrons. The van der Waals surface area contributed by atoms with Gasteiger partial charge < -0.3 is 14.8 Å². The highest BCUT2D eigenvalue weighted by atomic mass is 32.2. The first-order chi connectivity index (χ1) is 16.7. The Morgan fingerprint density at radius 3 is 2.37 bits per heavy atom. The summed E-state index contributed by atoms with van der Waals surface area (Å²) in [7, 11) is 0. The number of nitrogens with one attached hydrogen (secondary N) is 1. The van der Waals surface area contributed by atoms with Crippen LogP contribution < -0.4 is 10.7 Å². The van der Waals surface area contributed by atoms with Gasteiger partial charge in [0.05, 0.1) is 5.39 Å². The van der Waals surface area contributed by atoms with E-state index in [2.05, 4.69) is 51.2 Å². The van der Waals surface area contributed by atoms with Gasteiger partial charge in [-0.3, -0.25) is 9.59 Å². The van der Waals surface area contributed by atoms with Crippen molar-refractivity contribution >= 4 is 34.6 Å². The molecule has 1 aromatic carbocycles. The van der Waals surface area contributed by atoms with Crippen LogP contribution in [0, 0.1) is 0 Å². The van der Waals surface area contributed by atoms with Crippen LogP contribution in [0.25, 0.3) is 11.0 Å². The van der Waals surface area contributed by atoms with Crippen LogP contribution in [-0.4, -0.2) is 34.5 Å². The third kappa shape index (κ3) is 9.99. The molecule has 0 spiro atoms. The van der Waals surface area contributed by atoms with Crippen LogP contribution in [0.4, 0.5) is 0 Å². The average Bonchev–Trinajstić information content (AvgIpc) is 2.80. The maximum atomic E-state index is 12.5. The fourth-order valence-corrected chi connectivity index (χ4v) is 4.35. The molecule has 2 N–H and O–H groups in total. The second-order valence-corrected chi connectivity index (χ2v) is 9.91. The number of aliphatic carboxylic acids is 1. The van der Waals surface area contributed by atoms with Gasteiger partial charge in [-0.2, -0.15) is 11.8 Å². The Bertz CT molecular complexity index is 1170. The van der Waals surface area contributed by atoms with Gasteiger partial charge in [-0.25, -0.2) is 4.79 Å². The fourth-order valence-electron chi connectivity index (χ4n) is 3.35. The summed E-state index contributed by atoms with van der Waals surface area (Å²) in [5, 5.41) is 12.3. The number of carboxylic acids is 1. The van der Waals surface area contributed by atoms with E-state index in [0.717, 1.165) is 31.7 Å². The molecule has 0 fully saturated rings. The number of benzene rings is 1. The molecule has 35 heavy (non-hydrogen) atoms. The number of allylic oxidation sites excluding steroid dienone is 5. The minimum Gasteiger partial charge on any atom is -0.480 e. The maximum Gasteiger partial charge on any atom is 0.327 e. The predicted molar refractivity (Wildman–Crippen MR) is 144 cm³/mol. The molecule has 2 rings (SSSR count). The molecule has 6 nitrogen and oxygen atoms in total. The Morgan fingerprint density at radius 2 is 1.69 bits per heavy atom. The zero-order chi connectivity index (χ0) is 25.8. The summed E-state index contributed by atoms with van der Waals surface area (Å²) in [6.07, 6.45) is 10.7. The molecule has 1 heterocycles. The number of rotatable bonds is 13. The van der Waals surface area contributed by atoms with E-state index in [0.29, 0.717) is 11.1 Å². The van der Waals surface area contributed by atoms with E-state index in [1.165, 1.54) is 28.5 Å². The molecule has 1 aromatic heterocycles. The number of carbonyl (C=O) groups is 2. The number of carbonyl (C=O) groups excluding carboxylic acids is 1. The molecule has 0 bridgehead atoms. The Hall–Kier alpha value is -3.06. The van der Waals surface area contributed by atoms with Crippen molar-refractivity contribution in [3.8, 4) is 0 Å². The highest BCUT2D eigenvalue weighted by Gasteiger charge is 2.22. The molecular weight excluding hydrogens is 462 g/mol. The van der Waals surface area contributed by atoms with Gasteiger partial charge in [0.2, 0.25) is 0 Å². The topological polar surface area (TPSA) is 96.6 Å². The zero-order valence-corrected chi connectivity index (χ0v) is 21.7.